The van der Waals surface area contributed by atoms with Crippen molar-refractivity contribution in [2.75, 3.05) is 24.5 Å². The Morgan fingerprint density at radius 3 is 2.29 bits per heavy atom. The van der Waals surface area contributed by atoms with Gasteiger partial charge in [0.1, 0.15) is 6.54 Å². The molecule has 0 unspecified atom stereocenters. The third kappa shape index (κ3) is 4.14. The number of hydrogen-bond donors (Lipinski definition) is 1. The summed E-state index contributed by atoms with van der Waals surface area (Å²) in [6.45, 7) is 2.35. The molecule has 8 heteroatoms. The summed E-state index contributed by atoms with van der Waals surface area (Å²) < 4.78 is 37.0. The molecule has 0 amide bonds. The van der Waals surface area contributed by atoms with Crippen LogP contribution in [0.3, 0.4) is 0 Å². The number of nitrogens with two attached hydrogens (primary N) is 1. The van der Waals surface area contributed by atoms with Gasteiger partial charge >= 0.3 is 6.18 Å². The molecule has 0 atom stereocenters. The summed E-state index contributed by atoms with van der Waals surface area (Å²) in [5.41, 5.74) is 6.41. The zero-order valence-electron chi connectivity index (χ0n) is 9.62. The van der Waals surface area contributed by atoms with Crippen LogP contribution in [-0.4, -0.2) is 41.0 Å². The van der Waals surface area contributed by atoms with Gasteiger partial charge in [-0.2, -0.15) is 18.3 Å². The average molecular weight is 249 g/mol. The Hall–Kier alpha value is -1.44. The van der Waals surface area contributed by atoms with Crippen molar-refractivity contribution in [3.8, 4) is 0 Å². The molecule has 5 nitrogen and oxygen atoms in total. The average Bonchev–Trinajstić information content (AvgIpc) is 2.19. The van der Waals surface area contributed by atoms with Crippen LogP contribution in [0, 0.1) is 13.8 Å². The number of aromatic nitrogens is 3. The van der Waals surface area contributed by atoms with E-state index in [2.05, 4.69) is 15.2 Å². The van der Waals surface area contributed by atoms with E-state index < -0.39 is 12.7 Å². The Kier molecular flexibility index (Phi) is 4.22. The molecule has 1 aromatic rings. The number of aryl methyl sites for hydroxylation is 2. The zero-order valence-corrected chi connectivity index (χ0v) is 9.62. The molecule has 0 bridgehead atoms. The van der Waals surface area contributed by atoms with Gasteiger partial charge < -0.3 is 10.6 Å². The quantitative estimate of drug-likeness (QED) is 0.855. The SMILES string of the molecule is Cc1nnc(N(CCN)CC(F)(F)F)nc1C. The summed E-state index contributed by atoms with van der Waals surface area (Å²) in [6, 6.07) is 0. The van der Waals surface area contributed by atoms with Crippen molar-refractivity contribution in [1.29, 1.82) is 0 Å². The molecule has 0 aliphatic rings. The summed E-state index contributed by atoms with van der Waals surface area (Å²) >= 11 is 0. The number of hydrogen-bond acceptors (Lipinski definition) is 5. The van der Waals surface area contributed by atoms with Crippen molar-refractivity contribution in [2.24, 2.45) is 5.73 Å². The van der Waals surface area contributed by atoms with Crippen molar-refractivity contribution in [1.82, 2.24) is 15.2 Å². The van der Waals surface area contributed by atoms with Gasteiger partial charge in [-0.3, -0.25) is 0 Å². The molecule has 0 fully saturated rings. The lowest BCUT2D eigenvalue weighted by Gasteiger charge is -2.22. The minimum Gasteiger partial charge on any atom is -0.329 e. The molecular formula is C9H14F3N5. The van der Waals surface area contributed by atoms with Gasteiger partial charge in [0.05, 0.1) is 11.4 Å². The Labute approximate surface area is 96.8 Å². The van der Waals surface area contributed by atoms with Gasteiger partial charge in [-0.1, -0.05) is 0 Å². The fourth-order valence-corrected chi connectivity index (χ4v) is 1.20. The van der Waals surface area contributed by atoms with E-state index in [1.165, 1.54) is 0 Å². The summed E-state index contributed by atoms with van der Waals surface area (Å²) in [4.78, 5) is 4.94. The van der Waals surface area contributed by atoms with Crippen LogP contribution < -0.4 is 10.6 Å². The highest BCUT2D eigenvalue weighted by atomic mass is 19.4. The van der Waals surface area contributed by atoms with Crippen LogP contribution in [0.2, 0.25) is 0 Å². The normalized spacial score (nSPS) is 11.6. The van der Waals surface area contributed by atoms with Gasteiger partial charge in [-0.15, -0.1) is 5.10 Å². The van der Waals surface area contributed by atoms with E-state index in [0.29, 0.717) is 11.4 Å². The molecule has 17 heavy (non-hydrogen) atoms. The number of alkyl halides is 3. The van der Waals surface area contributed by atoms with E-state index in [-0.39, 0.29) is 19.0 Å². The van der Waals surface area contributed by atoms with E-state index in [1.807, 2.05) is 0 Å². The largest absolute Gasteiger partial charge is 0.406 e. The van der Waals surface area contributed by atoms with Gasteiger partial charge in [0.15, 0.2) is 0 Å². The number of anilines is 1. The first-order valence-corrected chi connectivity index (χ1v) is 5.03. The van der Waals surface area contributed by atoms with Crippen LogP contribution in [-0.2, 0) is 0 Å². The summed E-state index contributed by atoms with van der Waals surface area (Å²) in [5.74, 6) is -0.0455. The number of rotatable bonds is 4. The zero-order chi connectivity index (χ0) is 13.1. The van der Waals surface area contributed by atoms with E-state index in [0.717, 1.165) is 4.90 Å². The third-order valence-electron chi connectivity index (χ3n) is 2.13. The molecule has 0 saturated heterocycles. The molecule has 1 aromatic heterocycles. The number of halogens is 3. The fourth-order valence-electron chi connectivity index (χ4n) is 1.20. The Bertz CT molecular complexity index is 379. The molecule has 0 aromatic carbocycles. The van der Waals surface area contributed by atoms with Crippen molar-refractivity contribution in [3.63, 3.8) is 0 Å². The lowest BCUT2D eigenvalue weighted by molar-refractivity contribution is -0.119. The van der Waals surface area contributed by atoms with Crippen molar-refractivity contribution < 1.29 is 13.2 Å². The third-order valence-corrected chi connectivity index (χ3v) is 2.13. The maximum absolute atomic E-state index is 12.3. The molecule has 2 N–H and O–H groups in total. The Morgan fingerprint density at radius 2 is 1.82 bits per heavy atom. The van der Waals surface area contributed by atoms with Crippen molar-refractivity contribution >= 4 is 5.95 Å². The maximum Gasteiger partial charge on any atom is 0.406 e. The smallest absolute Gasteiger partial charge is 0.329 e. The minimum absolute atomic E-state index is 0.0314. The van der Waals surface area contributed by atoms with E-state index in [4.69, 9.17) is 5.73 Å². The topological polar surface area (TPSA) is 67.9 Å². The summed E-state index contributed by atoms with van der Waals surface area (Å²) in [6.07, 6.45) is -4.32. The second-order valence-electron chi connectivity index (χ2n) is 3.61. The second kappa shape index (κ2) is 5.26. The van der Waals surface area contributed by atoms with Crippen LogP contribution in [0.25, 0.3) is 0 Å². The highest BCUT2D eigenvalue weighted by Crippen LogP contribution is 2.19. The molecule has 1 heterocycles. The molecule has 0 spiro atoms. The summed E-state index contributed by atoms with van der Waals surface area (Å²) in [5, 5.41) is 7.40. The highest BCUT2D eigenvalue weighted by molar-refractivity contribution is 5.30. The van der Waals surface area contributed by atoms with Crippen molar-refractivity contribution in [2.45, 2.75) is 20.0 Å². The predicted octanol–water partition coefficient (Wildman–Crippen LogP) is 0.816. The van der Waals surface area contributed by atoms with Gasteiger partial charge in [-0.05, 0) is 13.8 Å². The molecular weight excluding hydrogens is 235 g/mol. The molecule has 0 saturated carbocycles. The first-order chi connectivity index (χ1) is 7.83. The molecule has 0 radical (unpaired) electrons. The molecule has 1 rings (SSSR count). The van der Waals surface area contributed by atoms with Crippen LogP contribution in [0.15, 0.2) is 0 Å². The number of nitrogens with zero attached hydrogens (tertiary/aromatic N) is 4. The molecule has 0 aliphatic carbocycles. The van der Waals surface area contributed by atoms with Gasteiger partial charge in [0, 0.05) is 13.1 Å². The first kappa shape index (κ1) is 13.6. The van der Waals surface area contributed by atoms with E-state index in [1.54, 1.807) is 13.8 Å². The Balaban J connectivity index is 2.93. The predicted molar refractivity (Wildman–Crippen MR) is 56.6 cm³/mol. The monoisotopic (exact) mass is 249 g/mol. The van der Waals surface area contributed by atoms with Gasteiger partial charge in [-0.25, -0.2) is 4.98 Å². The molecule has 96 valence electrons. The summed E-state index contributed by atoms with van der Waals surface area (Å²) in [7, 11) is 0. The first-order valence-electron chi connectivity index (χ1n) is 5.03. The van der Waals surface area contributed by atoms with Crippen LogP contribution in [0.4, 0.5) is 19.1 Å². The lowest BCUT2D eigenvalue weighted by Crippen LogP contribution is -2.39. The lowest BCUT2D eigenvalue weighted by atomic mass is 10.4. The molecule has 0 aliphatic heterocycles. The minimum atomic E-state index is -4.32. The fraction of sp³-hybridized carbons (Fsp3) is 0.667. The van der Waals surface area contributed by atoms with Crippen LogP contribution in [0.5, 0.6) is 0 Å². The Morgan fingerprint density at radius 1 is 1.18 bits per heavy atom. The van der Waals surface area contributed by atoms with Gasteiger partial charge in [0.25, 0.3) is 0 Å². The van der Waals surface area contributed by atoms with E-state index in [9.17, 15) is 13.2 Å². The highest BCUT2D eigenvalue weighted by Gasteiger charge is 2.31. The van der Waals surface area contributed by atoms with Crippen LogP contribution >= 0.6 is 0 Å². The second-order valence-corrected chi connectivity index (χ2v) is 3.61. The standard InChI is InChI=1S/C9H14F3N5/c1-6-7(2)15-16-8(14-6)17(4-3-13)5-9(10,11)12/h3-5,13H2,1-2H3. The van der Waals surface area contributed by atoms with Crippen LogP contribution in [0.1, 0.15) is 11.4 Å². The van der Waals surface area contributed by atoms with E-state index >= 15 is 0 Å². The van der Waals surface area contributed by atoms with Gasteiger partial charge in [0.2, 0.25) is 5.95 Å². The maximum atomic E-state index is 12.3. The van der Waals surface area contributed by atoms with Crippen molar-refractivity contribution in [3.05, 3.63) is 11.4 Å².